The lowest BCUT2D eigenvalue weighted by Gasteiger charge is -2.30. The molecule has 0 aliphatic carbocycles. The van der Waals surface area contributed by atoms with Gasteiger partial charge in [-0.05, 0) is 51.0 Å². The van der Waals surface area contributed by atoms with Gasteiger partial charge in [0.05, 0.1) is 22.3 Å². The summed E-state index contributed by atoms with van der Waals surface area (Å²) < 4.78 is 2.38. The minimum atomic E-state index is 1.03. The normalized spacial score (nSPS) is 14.8. The molecule has 4 aromatic rings. The zero-order chi connectivity index (χ0) is 20.1. The molecule has 5 rings (SSSR count). The van der Waals surface area contributed by atoms with Gasteiger partial charge in [-0.1, -0.05) is 35.9 Å². The molecule has 2 aromatic carbocycles. The van der Waals surface area contributed by atoms with E-state index >= 15 is 0 Å². The highest BCUT2D eigenvalue weighted by atomic mass is 15.2. The van der Waals surface area contributed by atoms with E-state index in [-0.39, 0.29) is 0 Å². The summed E-state index contributed by atoms with van der Waals surface area (Å²) in [7, 11) is 0. The summed E-state index contributed by atoms with van der Waals surface area (Å²) in [4.78, 5) is 7.58. The topological polar surface area (TPSA) is 33.1 Å². The second kappa shape index (κ2) is 6.89. The third-order valence-electron chi connectivity index (χ3n) is 6.05. The van der Waals surface area contributed by atoms with E-state index in [2.05, 4.69) is 84.9 Å². The van der Waals surface area contributed by atoms with Gasteiger partial charge >= 0.3 is 0 Å². The fourth-order valence-electron chi connectivity index (χ4n) is 4.96. The molecule has 29 heavy (non-hydrogen) atoms. The average Bonchev–Trinajstić information content (AvgIpc) is 3.01. The number of aromatic nitrogens is 2. The Morgan fingerprint density at radius 3 is 2.31 bits per heavy atom. The second-order valence-electron chi connectivity index (χ2n) is 8.32. The maximum atomic E-state index is 5.07. The third-order valence-corrected chi connectivity index (χ3v) is 6.05. The minimum absolute atomic E-state index is 1.03. The van der Waals surface area contributed by atoms with Crippen molar-refractivity contribution in [3.63, 3.8) is 0 Å². The van der Waals surface area contributed by atoms with Gasteiger partial charge in [0.25, 0.3) is 0 Å². The van der Waals surface area contributed by atoms with E-state index in [9.17, 15) is 0 Å². The van der Waals surface area contributed by atoms with Crippen molar-refractivity contribution >= 4 is 27.6 Å². The molecular weight excluding hydrogens is 356 g/mol. The molecular formula is C25H28N4. The van der Waals surface area contributed by atoms with E-state index in [0.717, 1.165) is 37.5 Å². The van der Waals surface area contributed by atoms with Crippen LogP contribution in [-0.2, 0) is 0 Å². The lowest BCUT2D eigenvalue weighted by Crippen LogP contribution is -2.43. The van der Waals surface area contributed by atoms with Crippen molar-refractivity contribution < 1.29 is 0 Å². The zero-order valence-electron chi connectivity index (χ0n) is 17.7. The zero-order valence-corrected chi connectivity index (χ0v) is 17.7. The molecule has 1 N–H and O–H groups in total. The van der Waals surface area contributed by atoms with Crippen LogP contribution >= 0.6 is 0 Å². The Bertz CT molecular complexity index is 1210. The van der Waals surface area contributed by atoms with Gasteiger partial charge in [-0.25, -0.2) is 4.98 Å². The van der Waals surface area contributed by atoms with E-state index in [1.54, 1.807) is 0 Å². The Morgan fingerprint density at radius 2 is 1.59 bits per heavy atom. The number of fused-ring (bicyclic) bond motifs is 3. The van der Waals surface area contributed by atoms with Crippen LogP contribution in [-0.4, -0.2) is 35.7 Å². The molecule has 1 aliphatic rings. The van der Waals surface area contributed by atoms with Crippen molar-refractivity contribution in [1.82, 2.24) is 14.9 Å². The summed E-state index contributed by atoms with van der Waals surface area (Å²) in [6.07, 6.45) is 0. The van der Waals surface area contributed by atoms with Crippen LogP contribution in [0.15, 0.2) is 42.5 Å². The van der Waals surface area contributed by atoms with Crippen LogP contribution in [0.25, 0.3) is 27.6 Å². The second-order valence-corrected chi connectivity index (χ2v) is 8.32. The van der Waals surface area contributed by atoms with Gasteiger partial charge in [0.2, 0.25) is 0 Å². The van der Waals surface area contributed by atoms with Crippen molar-refractivity contribution in [3.8, 4) is 5.69 Å². The van der Waals surface area contributed by atoms with Crippen LogP contribution in [0.5, 0.6) is 0 Å². The summed E-state index contributed by atoms with van der Waals surface area (Å²) in [5.41, 5.74) is 9.81. The van der Waals surface area contributed by atoms with Crippen LogP contribution in [0.2, 0.25) is 0 Å². The molecule has 0 radical (unpaired) electrons. The first-order valence-electron chi connectivity index (χ1n) is 10.5. The van der Waals surface area contributed by atoms with Gasteiger partial charge in [0.15, 0.2) is 0 Å². The Kier molecular flexibility index (Phi) is 4.32. The summed E-state index contributed by atoms with van der Waals surface area (Å²) in [6.45, 7) is 12.8. The summed E-state index contributed by atoms with van der Waals surface area (Å²) >= 11 is 0. The SMILES string of the molecule is Cc1cc(C)c(-n2c3ccccc3c3c(N4CCNCC4)cc(C)nc32)c(C)c1. The van der Waals surface area contributed by atoms with E-state index in [0.29, 0.717) is 0 Å². The van der Waals surface area contributed by atoms with Crippen molar-refractivity contribution in [2.24, 2.45) is 0 Å². The molecule has 1 aliphatic heterocycles. The molecule has 1 fully saturated rings. The van der Waals surface area contributed by atoms with Gasteiger partial charge in [0.1, 0.15) is 5.65 Å². The smallest absolute Gasteiger partial charge is 0.147 e. The fraction of sp³-hybridized carbons (Fsp3) is 0.320. The predicted molar refractivity (Wildman–Crippen MR) is 123 cm³/mol. The van der Waals surface area contributed by atoms with E-state index in [4.69, 9.17) is 4.98 Å². The van der Waals surface area contributed by atoms with E-state index in [1.165, 1.54) is 44.4 Å². The van der Waals surface area contributed by atoms with Crippen LogP contribution in [0.4, 0.5) is 5.69 Å². The number of benzene rings is 2. The Morgan fingerprint density at radius 1 is 0.897 bits per heavy atom. The molecule has 4 nitrogen and oxygen atoms in total. The Balaban J connectivity index is 1.91. The van der Waals surface area contributed by atoms with Gasteiger partial charge in [-0.15, -0.1) is 0 Å². The molecule has 4 heteroatoms. The first-order chi connectivity index (χ1) is 14.0. The number of anilines is 1. The molecule has 0 saturated carbocycles. The van der Waals surface area contributed by atoms with E-state index < -0.39 is 0 Å². The summed E-state index contributed by atoms with van der Waals surface area (Å²) in [6, 6.07) is 15.6. The number of hydrogen-bond acceptors (Lipinski definition) is 3. The van der Waals surface area contributed by atoms with Gasteiger partial charge < -0.3 is 10.2 Å². The quantitative estimate of drug-likeness (QED) is 0.538. The molecule has 1 saturated heterocycles. The molecule has 0 atom stereocenters. The van der Waals surface area contributed by atoms with Crippen LogP contribution < -0.4 is 10.2 Å². The lowest BCUT2D eigenvalue weighted by atomic mass is 10.0. The maximum Gasteiger partial charge on any atom is 0.147 e. The molecule has 0 unspecified atom stereocenters. The number of piperazine rings is 1. The minimum Gasteiger partial charge on any atom is -0.368 e. The summed E-state index contributed by atoms with van der Waals surface area (Å²) in [5.74, 6) is 0. The maximum absolute atomic E-state index is 5.07. The van der Waals surface area contributed by atoms with Gasteiger partial charge in [0, 0.05) is 37.3 Å². The first-order valence-corrected chi connectivity index (χ1v) is 10.5. The molecule has 2 aromatic heterocycles. The van der Waals surface area contributed by atoms with Crippen LogP contribution in [0.1, 0.15) is 22.4 Å². The number of nitrogens with zero attached hydrogens (tertiary/aromatic N) is 3. The number of para-hydroxylation sites is 1. The van der Waals surface area contributed by atoms with Crippen molar-refractivity contribution in [1.29, 1.82) is 0 Å². The number of pyridine rings is 1. The standard InChI is InChI=1S/C25H28N4/c1-16-13-17(2)24(18(3)14-16)29-21-8-6-5-7-20(21)23-22(15-19(4)27-25(23)29)28-11-9-26-10-12-28/h5-8,13-15,26H,9-12H2,1-4H3. The Labute approximate surface area is 172 Å². The molecule has 0 bridgehead atoms. The van der Waals surface area contributed by atoms with Crippen LogP contribution in [0, 0.1) is 27.7 Å². The van der Waals surface area contributed by atoms with Crippen molar-refractivity contribution in [2.45, 2.75) is 27.7 Å². The number of hydrogen-bond donors (Lipinski definition) is 1. The largest absolute Gasteiger partial charge is 0.368 e. The van der Waals surface area contributed by atoms with E-state index in [1.807, 2.05) is 0 Å². The third kappa shape index (κ3) is 2.90. The molecule has 148 valence electrons. The molecule has 0 spiro atoms. The highest BCUT2D eigenvalue weighted by Crippen LogP contribution is 2.39. The Hall–Kier alpha value is -2.85. The van der Waals surface area contributed by atoms with Crippen molar-refractivity contribution in [3.05, 3.63) is 64.8 Å². The number of nitrogens with one attached hydrogen (secondary N) is 1. The van der Waals surface area contributed by atoms with Gasteiger partial charge in [-0.2, -0.15) is 0 Å². The van der Waals surface area contributed by atoms with Gasteiger partial charge in [-0.3, -0.25) is 4.57 Å². The highest BCUT2D eigenvalue weighted by Gasteiger charge is 2.22. The monoisotopic (exact) mass is 384 g/mol. The van der Waals surface area contributed by atoms with Crippen molar-refractivity contribution in [2.75, 3.05) is 31.1 Å². The average molecular weight is 385 g/mol. The predicted octanol–water partition coefficient (Wildman–Crippen LogP) is 4.82. The lowest BCUT2D eigenvalue weighted by molar-refractivity contribution is 0.590. The molecule has 3 heterocycles. The first kappa shape index (κ1) is 18.2. The number of aryl methyl sites for hydroxylation is 4. The van der Waals surface area contributed by atoms with Crippen LogP contribution in [0.3, 0.4) is 0 Å². The summed E-state index contributed by atoms with van der Waals surface area (Å²) in [5, 5.41) is 6.02. The highest BCUT2D eigenvalue weighted by molar-refractivity contribution is 6.14. The number of rotatable bonds is 2. The fourth-order valence-corrected chi connectivity index (χ4v) is 4.96. The molecule has 0 amide bonds.